The molecule has 0 saturated carbocycles. The molecule has 1 heterocycles. The predicted octanol–water partition coefficient (Wildman–Crippen LogP) is 4.55. The number of hydrogen-bond donors (Lipinski definition) is 1. The Balaban J connectivity index is 1.89. The summed E-state index contributed by atoms with van der Waals surface area (Å²) in [6.07, 6.45) is 0.722. The van der Waals surface area contributed by atoms with E-state index in [1.165, 1.54) is 24.3 Å². The minimum Gasteiger partial charge on any atom is -0.489 e. The lowest BCUT2D eigenvalue weighted by Crippen LogP contribution is -2.13. The number of nitrogens with one attached hydrogen (secondary N) is 1. The highest BCUT2D eigenvalue weighted by Crippen LogP contribution is 2.38. The number of hydrogen-bond acceptors (Lipinski definition) is 3. The monoisotopic (exact) mass is 355 g/mol. The van der Waals surface area contributed by atoms with Crippen molar-refractivity contribution in [2.45, 2.75) is 6.42 Å². The Kier molecular flexibility index (Phi) is 4.59. The summed E-state index contributed by atoms with van der Waals surface area (Å²) in [4.78, 5) is 12.3. The van der Waals surface area contributed by atoms with Gasteiger partial charge in [-0.3, -0.25) is 4.79 Å². The van der Waals surface area contributed by atoms with E-state index in [1.807, 2.05) is 0 Å². The molecule has 0 aromatic heterocycles. The van der Waals surface area contributed by atoms with E-state index in [1.54, 1.807) is 6.07 Å². The van der Waals surface area contributed by atoms with Crippen molar-refractivity contribution in [3.05, 3.63) is 51.8 Å². The Morgan fingerprint density at radius 3 is 2.74 bits per heavy atom. The van der Waals surface area contributed by atoms with Gasteiger partial charge >= 0.3 is 0 Å². The second kappa shape index (κ2) is 6.64. The van der Waals surface area contributed by atoms with Crippen molar-refractivity contribution < 1.29 is 18.7 Å². The molecule has 1 N–H and O–H groups in total. The van der Waals surface area contributed by atoms with Gasteiger partial charge in [-0.1, -0.05) is 29.3 Å². The van der Waals surface area contributed by atoms with E-state index in [0.717, 1.165) is 6.42 Å². The molecular weight excluding hydrogens is 344 g/mol. The third kappa shape index (κ3) is 3.35. The number of carbonyl (C=O) groups is 1. The number of benzene rings is 2. The molecule has 7 heteroatoms. The zero-order chi connectivity index (χ0) is 16.4. The topological polar surface area (TPSA) is 47.6 Å². The highest BCUT2D eigenvalue weighted by Gasteiger charge is 2.19. The molecule has 120 valence electrons. The van der Waals surface area contributed by atoms with Crippen LogP contribution >= 0.6 is 23.2 Å². The summed E-state index contributed by atoms with van der Waals surface area (Å²) in [5.74, 6) is -0.409. The molecule has 1 aliphatic heterocycles. The molecule has 0 fully saturated rings. The number of rotatable bonds is 2. The van der Waals surface area contributed by atoms with Crippen molar-refractivity contribution in [2.24, 2.45) is 0 Å². The Hall–Kier alpha value is -1.98. The van der Waals surface area contributed by atoms with Gasteiger partial charge in [0, 0.05) is 12.0 Å². The van der Waals surface area contributed by atoms with Crippen LogP contribution in [0.3, 0.4) is 0 Å². The maximum Gasteiger partial charge on any atom is 0.255 e. The van der Waals surface area contributed by atoms with E-state index >= 15 is 0 Å². The SMILES string of the molecule is O=C(Nc1cccc(Cl)c1F)c1cc(Cl)c2c(c1)OCCCO2. The minimum atomic E-state index is -0.692. The quantitative estimate of drug-likeness (QED) is 0.859. The predicted molar refractivity (Wildman–Crippen MR) is 86.4 cm³/mol. The van der Waals surface area contributed by atoms with Crippen molar-refractivity contribution in [1.29, 1.82) is 0 Å². The van der Waals surface area contributed by atoms with Crippen LogP contribution in [0, 0.1) is 5.82 Å². The van der Waals surface area contributed by atoms with Gasteiger partial charge in [-0.15, -0.1) is 0 Å². The highest BCUT2D eigenvalue weighted by atomic mass is 35.5. The molecule has 1 aliphatic rings. The van der Waals surface area contributed by atoms with Crippen LogP contribution in [0.4, 0.5) is 10.1 Å². The van der Waals surface area contributed by atoms with E-state index in [2.05, 4.69) is 5.32 Å². The van der Waals surface area contributed by atoms with Crippen LogP contribution in [0.25, 0.3) is 0 Å². The molecule has 0 unspecified atom stereocenters. The van der Waals surface area contributed by atoms with Gasteiger partial charge in [0.15, 0.2) is 17.3 Å². The van der Waals surface area contributed by atoms with Gasteiger partial charge in [-0.25, -0.2) is 4.39 Å². The van der Waals surface area contributed by atoms with Gasteiger partial charge in [0.25, 0.3) is 5.91 Å². The van der Waals surface area contributed by atoms with Crippen molar-refractivity contribution in [3.8, 4) is 11.5 Å². The maximum atomic E-state index is 13.9. The Labute approximate surface area is 142 Å². The normalized spacial score (nSPS) is 13.3. The summed E-state index contributed by atoms with van der Waals surface area (Å²) in [7, 11) is 0. The third-order valence-electron chi connectivity index (χ3n) is 3.26. The summed E-state index contributed by atoms with van der Waals surface area (Å²) in [5.41, 5.74) is 0.226. The first-order valence-corrected chi connectivity index (χ1v) is 7.66. The Morgan fingerprint density at radius 1 is 1.13 bits per heavy atom. The fourth-order valence-electron chi connectivity index (χ4n) is 2.16. The van der Waals surface area contributed by atoms with Crippen LogP contribution in [0.5, 0.6) is 11.5 Å². The fourth-order valence-corrected chi connectivity index (χ4v) is 2.60. The number of amides is 1. The zero-order valence-corrected chi connectivity index (χ0v) is 13.4. The molecule has 1 amide bonds. The lowest BCUT2D eigenvalue weighted by molar-refractivity contribution is 0.102. The van der Waals surface area contributed by atoms with Crippen molar-refractivity contribution in [3.63, 3.8) is 0 Å². The number of halogens is 3. The van der Waals surface area contributed by atoms with Crippen LogP contribution < -0.4 is 14.8 Å². The van der Waals surface area contributed by atoms with Crippen LogP contribution in [-0.2, 0) is 0 Å². The van der Waals surface area contributed by atoms with E-state index in [4.69, 9.17) is 32.7 Å². The fraction of sp³-hybridized carbons (Fsp3) is 0.188. The number of fused-ring (bicyclic) bond motifs is 1. The second-order valence-corrected chi connectivity index (χ2v) is 5.71. The van der Waals surface area contributed by atoms with Gasteiger partial charge in [0.1, 0.15) is 0 Å². The van der Waals surface area contributed by atoms with Crippen LogP contribution in [0.15, 0.2) is 30.3 Å². The zero-order valence-electron chi connectivity index (χ0n) is 11.9. The highest BCUT2D eigenvalue weighted by molar-refractivity contribution is 6.33. The Bertz CT molecular complexity index is 767. The first kappa shape index (κ1) is 15.9. The Morgan fingerprint density at radius 2 is 1.91 bits per heavy atom. The van der Waals surface area contributed by atoms with Crippen LogP contribution in [0.1, 0.15) is 16.8 Å². The van der Waals surface area contributed by atoms with E-state index < -0.39 is 11.7 Å². The first-order valence-electron chi connectivity index (χ1n) is 6.91. The second-order valence-electron chi connectivity index (χ2n) is 4.89. The molecule has 0 aliphatic carbocycles. The van der Waals surface area contributed by atoms with Gasteiger partial charge in [-0.2, -0.15) is 0 Å². The van der Waals surface area contributed by atoms with Gasteiger partial charge < -0.3 is 14.8 Å². The molecule has 23 heavy (non-hydrogen) atoms. The molecule has 2 aromatic carbocycles. The smallest absolute Gasteiger partial charge is 0.255 e. The number of anilines is 1. The summed E-state index contributed by atoms with van der Waals surface area (Å²) >= 11 is 11.8. The van der Waals surface area contributed by atoms with E-state index in [0.29, 0.717) is 24.7 Å². The van der Waals surface area contributed by atoms with Crippen LogP contribution in [-0.4, -0.2) is 19.1 Å². The lowest BCUT2D eigenvalue weighted by Gasteiger charge is -2.12. The standard InChI is InChI=1S/C16H12Cl2FNO3/c17-10-3-1-4-12(14(10)19)20-16(21)9-7-11(18)15-13(8-9)22-5-2-6-23-15/h1,3-4,7-8H,2,5-6H2,(H,20,21). The average molecular weight is 356 g/mol. The van der Waals surface area contributed by atoms with Gasteiger partial charge in [-0.05, 0) is 24.3 Å². The summed E-state index contributed by atoms with van der Waals surface area (Å²) in [6.45, 7) is 0.962. The molecular formula is C16H12Cl2FNO3. The minimum absolute atomic E-state index is 0.00858. The van der Waals surface area contributed by atoms with Crippen LogP contribution in [0.2, 0.25) is 10.0 Å². The molecule has 0 saturated heterocycles. The van der Waals surface area contributed by atoms with Crippen molar-refractivity contribution in [1.82, 2.24) is 0 Å². The number of carbonyl (C=O) groups excluding carboxylic acids is 1. The van der Waals surface area contributed by atoms with Gasteiger partial charge in [0.2, 0.25) is 0 Å². The number of ether oxygens (including phenoxy) is 2. The molecule has 0 radical (unpaired) electrons. The average Bonchev–Trinajstić information content (AvgIpc) is 2.77. The lowest BCUT2D eigenvalue weighted by atomic mass is 10.1. The van der Waals surface area contributed by atoms with E-state index in [9.17, 15) is 9.18 Å². The molecule has 0 atom stereocenters. The summed E-state index contributed by atoms with van der Waals surface area (Å²) < 4.78 is 24.9. The molecule has 2 aromatic rings. The molecule has 0 bridgehead atoms. The summed E-state index contributed by atoms with van der Waals surface area (Å²) in [5, 5.41) is 2.66. The largest absolute Gasteiger partial charge is 0.489 e. The van der Waals surface area contributed by atoms with Gasteiger partial charge in [0.05, 0.1) is 28.9 Å². The van der Waals surface area contributed by atoms with E-state index in [-0.39, 0.29) is 21.3 Å². The summed E-state index contributed by atoms with van der Waals surface area (Å²) in [6, 6.07) is 7.33. The van der Waals surface area contributed by atoms with Crippen molar-refractivity contribution >= 4 is 34.8 Å². The molecule has 3 rings (SSSR count). The molecule has 0 spiro atoms. The molecule has 4 nitrogen and oxygen atoms in total. The maximum absolute atomic E-state index is 13.9. The first-order chi connectivity index (χ1) is 11.1. The third-order valence-corrected chi connectivity index (χ3v) is 3.84. The van der Waals surface area contributed by atoms with Crippen molar-refractivity contribution in [2.75, 3.05) is 18.5 Å².